The molecule has 6 nitrogen and oxygen atoms in total. The third-order valence-corrected chi connectivity index (χ3v) is 5.57. The Morgan fingerprint density at radius 1 is 1.15 bits per heavy atom. The lowest BCUT2D eigenvalue weighted by Gasteiger charge is -2.26. The van der Waals surface area contributed by atoms with E-state index in [1.54, 1.807) is 0 Å². The fourth-order valence-corrected chi connectivity index (χ4v) is 3.88. The smallest absolute Gasteiger partial charge is 0.311 e. The Kier molecular flexibility index (Phi) is 5.80. The second kappa shape index (κ2) is 7.38. The van der Waals surface area contributed by atoms with Crippen molar-refractivity contribution < 1.29 is 22.7 Å². The number of hydrogen-bond donors (Lipinski definition) is 0. The van der Waals surface area contributed by atoms with E-state index in [0.717, 1.165) is 25.7 Å². The van der Waals surface area contributed by atoms with Crippen LogP contribution >= 0.6 is 0 Å². The van der Waals surface area contributed by atoms with Crippen molar-refractivity contribution in [3.8, 4) is 0 Å². The number of carbonyl (C=O) groups excluding carboxylic acids is 1. The largest absolute Gasteiger partial charge is 0.438 e. The Labute approximate surface area is 120 Å². The van der Waals surface area contributed by atoms with Gasteiger partial charge in [0.2, 0.25) is 0 Å². The van der Waals surface area contributed by atoms with Crippen LogP contribution in [-0.2, 0) is 24.1 Å². The molecular formula is C13H23NO5S. The van der Waals surface area contributed by atoms with Gasteiger partial charge >= 0.3 is 5.97 Å². The molecule has 0 radical (unpaired) electrons. The highest BCUT2D eigenvalue weighted by atomic mass is 32.2. The van der Waals surface area contributed by atoms with E-state index in [-0.39, 0.29) is 30.2 Å². The van der Waals surface area contributed by atoms with Crippen LogP contribution in [0.15, 0.2) is 0 Å². The Morgan fingerprint density at radius 3 is 2.45 bits per heavy atom. The van der Waals surface area contributed by atoms with Crippen molar-refractivity contribution in [2.45, 2.75) is 25.7 Å². The third kappa shape index (κ3) is 5.03. The first-order chi connectivity index (χ1) is 9.57. The summed E-state index contributed by atoms with van der Waals surface area (Å²) < 4.78 is 32.9. The molecule has 0 aromatic rings. The van der Waals surface area contributed by atoms with Crippen LogP contribution in [0.25, 0.3) is 0 Å². The highest BCUT2D eigenvalue weighted by Gasteiger charge is 2.24. The summed E-state index contributed by atoms with van der Waals surface area (Å²) in [5.74, 6) is 0.366. The van der Waals surface area contributed by atoms with Gasteiger partial charge in [-0.25, -0.2) is 8.42 Å². The lowest BCUT2D eigenvalue weighted by Crippen LogP contribution is -2.41. The van der Waals surface area contributed by atoms with E-state index >= 15 is 0 Å². The molecule has 0 atom stereocenters. The molecule has 7 heteroatoms. The minimum absolute atomic E-state index is 0.00146. The molecule has 2 aliphatic rings. The molecule has 20 heavy (non-hydrogen) atoms. The van der Waals surface area contributed by atoms with Gasteiger partial charge in [0.1, 0.15) is 0 Å². The first-order valence-electron chi connectivity index (χ1n) is 7.24. The second-order valence-electron chi connectivity index (χ2n) is 5.46. The quantitative estimate of drug-likeness (QED) is 0.402. The third-order valence-electron chi connectivity index (χ3n) is 3.96. The standard InChI is InChI=1S/C13H23NO5S/c15-13(12-3-1-2-4-12)19-11-18-8-5-14-6-9-20(16,17)10-7-14/h12H,1-11H2. The van der Waals surface area contributed by atoms with Gasteiger partial charge in [0, 0.05) is 19.6 Å². The number of rotatable bonds is 6. The molecule has 0 amide bonds. The van der Waals surface area contributed by atoms with Crippen LogP contribution in [0.2, 0.25) is 0 Å². The zero-order valence-electron chi connectivity index (χ0n) is 11.8. The molecule has 0 bridgehead atoms. The van der Waals surface area contributed by atoms with E-state index in [4.69, 9.17) is 9.47 Å². The Morgan fingerprint density at radius 2 is 1.80 bits per heavy atom. The van der Waals surface area contributed by atoms with Crippen LogP contribution in [0.3, 0.4) is 0 Å². The van der Waals surface area contributed by atoms with Crippen LogP contribution < -0.4 is 0 Å². The molecule has 1 saturated heterocycles. The van der Waals surface area contributed by atoms with Crippen molar-refractivity contribution in [2.24, 2.45) is 5.92 Å². The molecule has 1 aliphatic heterocycles. The summed E-state index contributed by atoms with van der Waals surface area (Å²) in [7, 11) is -2.82. The fraction of sp³-hybridized carbons (Fsp3) is 0.923. The molecule has 0 aromatic heterocycles. The van der Waals surface area contributed by atoms with E-state index in [1.807, 2.05) is 0 Å². The molecule has 2 rings (SSSR count). The van der Waals surface area contributed by atoms with Gasteiger partial charge in [-0.05, 0) is 12.8 Å². The minimum atomic E-state index is -2.82. The van der Waals surface area contributed by atoms with Gasteiger partial charge in [-0.2, -0.15) is 0 Å². The molecule has 0 spiro atoms. The number of nitrogens with zero attached hydrogens (tertiary/aromatic N) is 1. The summed E-state index contributed by atoms with van der Waals surface area (Å²) in [6.45, 7) is 2.26. The van der Waals surface area contributed by atoms with Gasteiger partial charge < -0.3 is 9.47 Å². The van der Waals surface area contributed by atoms with E-state index in [0.29, 0.717) is 26.2 Å². The lowest BCUT2D eigenvalue weighted by atomic mass is 10.1. The second-order valence-corrected chi connectivity index (χ2v) is 7.77. The normalized spacial score (nSPS) is 23.8. The SMILES string of the molecule is O=C(OCOCCN1CCS(=O)(=O)CC1)C1CCCC1. The summed E-state index contributed by atoms with van der Waals surface area (Å²) in [6.07, 6.45) is 4.08. The van der Waals surface area contributed by atoms with Crippen molar-refractivity contribution in [1.29, 1.82) is 0 Å². The van der Waals surface area contributed by atoms with Crippen molar-refractivity contribution in [3.63, 3.8) is 0 Å². The number of esters is 1. The van der Waals surface area contributed by atoms with E-state index in [9.17, 15) is 13.2 Å². The Bertz CT molecular complexity index is 402. The predicted molar refractivity (Wildman–Crippen MR) is 74.0 cm³/mol. The summed E-state index contributed by atoms with van der Waals surface area (Å²) in [6, 6.07) is 0. The molecule has 1 saturated carbocycles. The first kappa shape index (κ1) is 15.7. The van der Waals surface area contributed by atoms with Gasteiger partial charge in [-0.15, -0.1) is 0 Å². The summed E-state index contributed by atoms with van der Waals surface area (Å²) in [5.41, 5.74) is 0. The Balaban J connectivity index is 1.50. The van der Waals surface area contributed by atoms with Crippen LogP contribution in [0.5, 0.6) is 0 Å². The van der Waals surface area contributed by atoms with Crippen LogP contribution in [0, 0.1) is 5.92 Å². The maximum absolute atomic E-state index is 11.6. The monoisotopic (exact) mass is 305 g/mol. The van der Waals surface area contributed by atoms with Crippen molar-refractivity contribution in [1.82, 2.24) is 4.90 Å². The average Bonchev–Trinajstić information content (AvgIpc) is 2.94. The zero-order valence-corrected chi connectivity index (χ0v) is 12.6. The van der Waals surface area contributed by atoms with Gasteiger partial charge in [-0.3, -0.25) is 9.69 Å². The minimum Gasteiger partial charge on any atom is -0.438 e. The van der Waals surface area contributed by atoms with Crippen molar-refractivity contribution >= 4 is 15.8 Å². The maximum atomic E-state index is 11.6. The number of hydrogen-bond acceptors (Lipinski definition) is 6. The predicted octanol–water partition coefficient (Wildman–Crippen LogP) is 0.424. The number of carbonyl (C=O) groups is 1. The van der Waals surface area contributed by atoms with Gasteiger partial charge in [-0.1, -0.05) is 12.8 Å². The molecule has 1 aliphatic carbocycles. The van der Waals surface area contributed by atoms with E-state index < -0.39 is 9.84 Å². The lowest BCUT2D eigenvalue weighted by molar-refractivity contribution is -0.161. The fourth-order valence-electron chi connectivity index (χ4n) is 2.61. The number of ether oxygens (including phenoxy) is 2. The van der Waals surface area contributed by atoms with Gasteiger partial charge in [0.05, 0.1) is 24.0 Å². The van der Waals surface area contributed by atoms with Crippen LogP contribution in [0.1, 0.15) is 25.7 Å². The maximum Gasteiger partial charge on any atom is 0.311 e. The molecular weight excluding hydrogens is 282 g/mol. The molecule has 0 unspecified atom stereocenters. The van der Waals surface area contributed by atoms with E-state index in [1.165, 1.54) is 0 Å². The van der Waals surface area contributed by atoms with Gasteiger partial charge in [0.25, 0.3) is 0 Å². The molecule has 1 heterocycles. The van der Waals surface area contributed by atoms with Gasteiger partial charge in [0.15, 0.2) is 16.6 Å². The summed E-state index contributed by atoms with van der Waals surface area (Å²) in [4.78, 5) is 13.7. The molecule has 0 N–H and O–H groups in total. The molecule has 0 aromatic carbocycles. The highest BCUT2D eigenvalue weighted by Crippen LogP contribution is 2.25. The summed E-state index contributed by atoms with van der Waals surface area (Å²) >= 11 is 0. The van der Waals surface area contributed by atoms with Crippen LogP contribution in [0.4, 0.5) is 0 Å². The Hall–Kier alpha value is -0.660. The van der Waals surface area contributed by atoms with Crippen LogP contribution in [-0.4, -0.2) is 63.8 Å². The molecule has 2 fully saturated rings. The zero-order chi connectivity index (χ0) is 14.4. The first-order valence-corrected chi connectivity index (χ1v) is 9.06. The van der Waals surface area contributed by atoms with Crippen molar-refractivity contribution in [2.75, 3.05) is 44.5 Å². The topological polar surface area (TPSA) is 72.9 Å². The van der Waals surface area contributed by atoms with Crippen molar-refractivity contribution in [3.05, 3.63) is 0 Å². The molecule has 116 valence electrons. The highest BCUT2D eigenvalue weighted by molar-refractivity contribution is 7.91. The summed E-state index contributed by atoms with van der Waals surface area (Å²) in [5, 5.41) is 0. The number of sulfone groups is 1. The average molecular weight is 305 g/mol. The van der Waals surface area contributed by atoms with E-state index in [2.05, 4.69) is 4.90 Å².